The number of carbonyl (C=O) groups is 2. The lowest BCUT2D eigenvalue weighted by Crippen LogP contribution is -2.36. The molecule has 0 radical (unpaired) electrons. The van der Waals surface area contributed by atoms with E-state index < -0.39 is 0 Å². The summed E-state index contributed by atoms with van der Waals surface area (Å²) in [4.78, 5) is 25.3. The minimum absolute atomic E-state index is 0.00666. The second-order valence-corrected chi connectivity index (χ2v) is 4.86. The van der Waals surface area contributed by atoms with Crippen molar-refractivity contribution in [2.75, 3.05) is 16.8 Å². The molecule has 0 aliphatic heterocycles. The van der Waals surface area contributed by atoms with Crippen molar-refractivity contribution in [2.45, 2.75) is 13.8 Å². The van der Waals surface area contributed by atoms with E-state index >= 15 is 0 Å². The number of amides is 2. The van der Waals surface area contributed by atoms with Gasteiger partial charge in [-0.05, 0) is 36.8 Å². The number of rotatable bonds is 4. The number of hydrogen-bond acceptors (Lipinski definition) is 2. The molecule has 0 fully saturated rings. The summed E-state index contributed by atoms with van der Waals surface area (Å²) in [7, 11) is 0. The maximum atomic E-state index is 12.1. The molecule has 2 aromatic rings. The topological polar surface area (TPSA) is 49.4 Å². The Morgan fingerprint density at radius 1 is 1.05 bits per heavy atom. The summed E-state index contributed by atoms with van der Waals surface area (Å²) in [5, 5.41) is 2.81. The summed E-state index contributed by atoms with van der Waals surface area (Å²) in [5.41, 5.74) is 2.51. The molecule has 108 valence electrons. The Hall–Kier alpha value is -2.62. The molecule has 0 aliphatic rings. The summed E-state index contributed by atoms with van der Waals surface area (Å²) < 4.78 is 0. The van der Waals surface area contributed by atoms with Crippen molar-refractivity contribution in [1.82, 2.24) is 0 Å². The number of aryl methyl sites for hydroxylation is 1. The fraction of sp³-hybridized carbons (Fsp3) is 0.176. The fourth-order valence-electron chi connectivity index (χ4n) is 2.06. The molecule has 4 heteroatoms. The second kappa shape index (κ2) is 6.70. The van der Waals surface area contributed by atoms with Gasteiger partial charge in [0.1, 0.15) is 6.54 Å². The Labute approximate surface area is 124 Å². The molecular weight excluding hydrogens is 264 g/mol. The lowest BCUT2D eigenvalue weighted by atomic mass is 10.2. The van der Waals surface area contributed by atoms with Crippen molar-refractivity contribution in [3.05, 3.63) is 60.2 Å². The van der Waals surface area contributed by atoms with Gasteiger partial charge >= 0.3 is 0 Å². The second-order valence-electron chi connectivity index (χ2n) is 4.86. The van der Waals surface area contributed by atoms with Gasteiger partial charge in [-0.2, -0.15) is 0 Å². The zero-order valence-electron chi connectivity index (χ0n) is 12.2. The molecule has 0 saturated carbocycles. The minimum atomic E-state index is -0.223. The standard InChI is InChI=1S/C17H18N2O2/c1-13-7-6-8-15(11-13)18-17(21)12-19(14(2)20)16-9-4-3-5-10-16/h3-11H,12H2,1-2H3,(H,18,21). The van der Waals surface area contributed by atoms with E-state index in [0.717, 1.165) is 11.3 Å². The normalized spacial score (nSPS) is 10.0. The van der Waals surface area contributed by atoms with Gasteiger partial charge in [0, 0.05) is 18.3 Å². The van der Waals surface area contributed by atoms with Crippen LogP contribution in [0.25, 0.3) is 0 Å². The summed E-state index contributed by atoms with van der Waals surface area (Å²) >= 11 is 0. The van der Waals surface area contributed by atoms with Crippen LogP contribution >= 0.6 is 0 Å². The molecule has 0 unspecified atom stereocenters. The average molecular weight is 282 g/mol. The Morgan fingerprint density at radius 3 is 2.38 bits per heavy atom. The predicted molar refractivity (Wildman–Crippen MR) is 84.3 cm³/mol. The van der Waals surface area contributed by atoms with E-state index in [1.165, 1.54) is 11.8 Å². The van der Waals surface area contributed by atoms with E-state index in [0.29, 0.717) is 5.69 Å². The number of carbonyl (C=O) groups excluding carboxylic acids is 2. The van der Waals surface area contributed by atoms with Crippen molar-refractivity contribution >= 4 is 23.2 Å². The molecule has 4 nitrogen and oxygen atoms in total. The largest absolute Gasteiger partial charge is 0.325 e. The number of nitrogens with zero attached hydrogens (tertiary/aromatic N) is 1. The molecule has 1 N–H and O–H groups in total. The average Bonchev–Trinajstić information content (AvgIpc) is 2.45. The van der Waals surface area contributed by atoms with Crippen LogP contribution in [0.4, 0.5) is 11.4 Å². The molecular formula is C17H18N2O2. The van der Waals surface area contributed by atoms with Gasteiger partial charge in [-0.25, -0.2) is 0 Å². The number of nitrogens with one attached hydrogen (secondary N) is 1. The maximum Gasteiger partial charge on any atom is 0.244 e. The Kier molecular flexibility index (Phi) is 4.72. The van der Waals surface area contributed by atoms with Crippen LogP contribution in [0.1, 0.15) is 12.5 Å². The van der Waals surface area contributed by atoms with E-state index in [2.05, 4.69) is 5.32 Å². The van der Waals surface area contributed by atoms with Gasteiger partial charge in [-0.3, -0.25) is 9.59 Å². The van der Waals surface area contributed by atoms with Crippen LogP contribution in [-0.2, 0) is 9.59 Å². The Balaban J connectivity index is 2.07. The third-order valence-corrected chi connectivity index (χ3v) is 3.05. The van der Waals surface area contributed by atoms with Gasteiger partial charge in [0.15, 0.2) is 0 Å². The summed E-state index contributed by atoms with van der Waals surface area (Å²) in [6.07, 6.45) is 0. The van der Waals surface area contributed by atoms with Crippen molar-refractivity contribution in [1.29, 1.82) is 0 Å². The first-order valence-corrected chi connectivity index (χ1v) is 6.76. The molecule has 0 aromatic heterocycles. The molecule has 21 heavy (non-hydrogen) atoms. The molecule has 2 amide bonds. The Bertz CT molecular complexity index is 638. The number of para-hydroxylation sites is 1. The van der Waals surface area contributed by atoms with Gasteiger partial charge < -0.3 is 10.2 Å². The third kappa shape index (κ3) is 4.18. The fourth-order valence-corrected chi connectivity index (χ4v) is 2.06. The number of anilines is 2. The van der Waals surface area contributed by atoms with Crippen LogP contribution in [0.3, 0.4) is 0 Å². The van der Waals surface area contributed by atoms with E-state index in [-0.39, 0.29) is 18.4 Å². The van der Waals surface area contributed by atoms with Gasteiger partial charge in [-0.15, -0.1) is 0 Å². The summed E-state index contributed by atoms with van der Waals surface area (Å²) in [6.45, 7) is 3.40. The van der Waals surface area contributed by atoms with Gasteiger partial charge in [-0.1, -0.05) is 30.3 Å². The quantitative estimate of drug-likeness (QED) is 0.937. The van der Waals surface area contributed by atoms with Crippen LogP contribution in [-0.4, -0.2) is 18.4 Å². The Morgan fingerprint density at radius 2 is 1.76 bits per heavy atom. The van der Waals surface area contributed by atoms with E-state index in [4.69, 9.17) is 0 Å². The van der Waals surface area contributed by atoms with Gasteiger partial charge in [0.2, 0.25) is 11.8 Å². The molecule has 0 saturated heterocycles. The van der Waals surface area contributed by atoms with E-state index in [1.807, 2.05) is 49.4 Å². The van der Waals surface area contributed by atoms with Gasteiger partial charge in [0.25, 0.3) is 0 Å². The third-order valence-electron chi connectivity index (χ3n) is 3.05. The molecule has 0 spiro atoms. The highest BCUT2D eigenvalue weighted by Crippen LogP contribution is 2.14. The van der Waals surface area contributed by atoms with Crippen LogP contribution in [0, 0.1) is 6.92 Å². The lowest BCUT2D eigenvalue weighted by Gasteiger charge is -2.20. The monoisotopic (exact) mass is 282 g/mol. The number of benzene rings is 2. The highest BCUT2D eigenvalue weighted by atomic mass is 16.2. The minimum Gasteiger partial charge on any atom is -0.325 e. The molecule has 2 aromatic carbocycles. The van der Waals surface area contributed by atoms with Crippen molar-refractivity contribution in [3.63, 3.8) is 0 Å². The van der Waals surface area contributed by atoms with Crippen molar-refractivity contribution in [3.8, 4) is 0 Å². The van der Waals surface area contributed by atoms with Crippen LogP contribution < -0.4 is 10.2 Å². The number of hydrogen-bond donors (Lipinski definition) is 1. The maximum absolute atomic E-state index is 12.1. The lowest BCUT2D eigenvalue weighted by molar-refractivity contribution is -0.120. The zero-order valence-corrected chi connectivity index (χ0v) is 12.2. The van der Waals surface area contributed by atoms with Crippen LogP contribution in [0.2, 0.25) is 0 Å². The van der Waals surface area contributed by atoms with Gasteiger partial charge in [0.05, 0.1) is 0 Å². The van der Waals surface area contributed by atoms with Crippen molar-refractivity contribution < 1.29 is 9.59 Å². The summed E-state index contributed by atoms with van der Waals surface area (Å²) in [6, 6.07) is 16.7. The molecule has 0 aliphatic carbocycles. The molecule has 0 atom stereocenters. The van der Waals surface area contributed by atoms with Crippen LogP contribution in [0.5, 0.6) is 0 Å². The van der Waals surface area contributed by atoms with Crippen LogP contribution in [0.15, 0.2) is 54.6 Å². The first-order valence-electron chi connectivity index (χ1n) is 6.76. The van der Waals surface area contributed by atoms with E-state index in [9.17, 15) is 9.59 Å². The first-order chi connectivity index (χ1) is 10.1. The zero-order chi connectivity index (χ0) is 15.2. The van der Waals surface area contributed by atoms with E-state index in [1.54, 1.807) is 12.1 Å². The highest BCUT2D eigenvalue weighted by Gasteiger charge is 2.15. The SMILES string of the molecule is CC(=O)N(CC(=O)Nc1cccc(C)c1)c1ccccc1. The van der Waals surface area contributed by atoms with Crippen molar-refractivity contribution in [2.24, 2.45) is 0 Å². The summed E-state index contributed by atoms with van der Waals surface area (Å²) in [5.74, 6) is -0.389. The first kappa shape index (κ1) is 14.8. The molecule has 0 bridgehead atoms. The molecule has 2 rings (SSSR count). The predicted octanol–water partition coefficient (Wildman–Crippen LogP) is 2.99. The molecule has 0 heterocycles. The highest BCUT2D eigenvalue weighted by molar-refractivity contribution is 6.01. The smallest absolute Gasteiger partial charge is 0.244 e.